The van der Waals surface area contributed by atoms with E-state index in [2.05, 4.69) is 10.3 Å². The number of carbonyl (C=O) groups excluding carboxylic acids is 1. The molecule has 0 aliphatic heterocycles. The molecule has 0 saturated carbocycles. The van der Waals surface area contributed by atoms with Crippen LogP contribution >= 0.6 is 22.9 Å². The smallest absolute Gasteiger partial charge is 0.244 e. The van der Waals surface area contributed by atoms with E-state index in [1.54, 1.807) is 6.08 Å². The number of nitrogens with one attached hydrogen (secondary N) is 1. The second kappa shape index (κ2) is 7.06. The Labute approximate surface area is 132 Å². The number of rotatable bonds is 6. The van der Waals surface area contributed by atoms with Gasteiger partial charge in [-0.3, -0.25) is 9.20 Å². The molecule has 114 valence electrons. The highest BCUT2D eigenvalue weighted by Crippen LogP contribution is 2.22. The average molecular weight is 328 g/mol. The zero-order chi connectivity index (χ0) is 15.4. The minimum absolute atomic E-state index is 0.0695. The summed E-state index contributed by atoms with van der Waals surface area (Å²) in [5.74, 6) is 0.150. The molecule has 2 N–H and O–H groups in total. The Morgan fingerprint density at radius 1 is 1.62 bits per heavy atom. The Bertz CT molecular complexity index is 648. The second-order valence-electron chi connectivity index (χ2n) is 5.19. The van der Waals surface area contributed by atoms with E-state index in [9.17, 15) is 9.90 Å². The number of thiazole rings is 1. The molecule has 0 aliphatic rings. The largest absolute Gasteiger partial charge is 0.394 e. The molecule has 2 aromatic rings. The van der Waals surface area contributed by atoms with Gasteiger partial charge >= 0.3 is 0 Å². The third-order valence-electron chi connectivity index (χ3n) is 2.97. The fourth-order valence-corrected chi connectivity index (χ4v) is 3.08. The molecule has 0 aliphatic carbocycles. The lowest BCUT2D eigenvalue weighted by atomic mass is 10.0. The zero-order valence-corrected chi connectivity index (χ0v) is 13.5. The van der Waals surface area contributed by atoms with Crippen LogP contribution in [0.5, 0.6) is 0 Å². The summed E-state index contributed by atoms with van der Waals surface area (Å²) < 4.78 is 1.83. The maximum absolute atomic E-state index is 11.9. The molecular formula is C14H18ClN3O2S. The summed E-state index contributed by atoms with van der Waals surface area (Å²) >= 11 is 7.52. The molecule has 2 rings (SSSR count). The van der Waals surface area contributed by atoms with Crippen molar-refractivity contribution in [2.45, 2.75) is 26.3 Å². The van der Waals surface area contributed by atoms with Crippen LogP contribution in [0.15, 0.2) is 17.7 Å². The minimum Gasteiger partial charge on any atom is -0.394 e. The minimum atomic E-state index is -0.254. The van der Waals surface area contributed by atoms with E-state index in [0.29, 0.717) is 16.8 Å². The van der Waals surface area contributed by atoms with E-state index in [4.69, 9.17) is 11.6 Å². The van der Waals surface area contributed by atoms with Crippen molar-refractivity contribution in [1.82, 2.24) is 14.7 Å². The Kier molecular flexibility index (Phi) is 5.39. The van der Waals surface area contributed by atoms with E-state index >= 15 is 0 Å². The quantitative estimate of drug-likeness (QED) is 0.801. The lowest BCUT2D eigenvalue weighted by Gasteiger charge is -2.17. The summed E-state index contributed by atoms with van der Waals surface area (Å²) in [6.45, 7) is 4.02. The molecule has 2 heterocycles. The number of aromatic nitrogens is 2. The predicted molar refractivity (Wildman–Crippen MR) is 85.6 cm³/mol. The van der Waals surface area contributed by atoms with Gasteiger partial charge in [0, 0.05) is 17.7 Å². The van der Waals surface area contributed by atoms with Gasteiger partial charge < -0.3 is 10.4 Å². The van der Waals surface area contributed by atoms with Gasteiger partial charge in [-0.1, -0.05) is 25.4 Å². The summed E-state index contributed by atoms with van der Waals surface area (Å²) in [7, 11) is 0. The van der Waals surface area contributed by atoms with Gasteiger partial charge in [-0.05, 0) is 18.4 Å². The Balaban J connectivity index is 2.04. The topological polar surface area (TPSA) is 66.6 Å². The van der Waals surface area contributed by atoms with Crippen LogP contribution in [0, 0.1) is 5.92 Å². The number of imidazole rings is 1. The summed E-state index contributed by atoms with van der Waals surface area (Å²) in [6.07, 6.45) is 5.63. The number of fused-ring (bicyclic) bond motifs is 1. The maximum Gasteiger partial charge on any atom is 0.244 e. The summed E-state index contributed by atoms with van der Waals surface area (Å²) in [5.41, 5.74) is 0.674. The first-order chi connectivity index (χ1) is 10.0. The van der Waals surface area contributed by atoms with Crippen LogP contribution in [-0.2, 0) is 4.79 Å². The van der Waals surface area contributed by atoms with Gasteiger partial charge in [-0.2, -0.15) is 0 Å². The van der Waals surface area contributed by atoms with Gasteiger partial charge in [-0.25, -0.2) is 4.98 Å². The van der Waals surface area contributed by atoms with Crippen LogP contribution in [0.1, 0.15) is 26.0 Å². The van der Waals surface area contributed by atoms with Crippen molar-refractivity contribution in [3.63, 3.8) is 0 Å². The number of hydrogen-bond donors (Lipinski definition) is 2. The van der Waals surface area contributed by atoms with Crippen molar-refractivity contribution in [2.75, 3.05) is 6.61 Å². The van der Waals surface area contributed by atoms with Gasteiger partial charge in [0.2, 0.25) is 5.91 Å². The molecule has 0 bridgehead atoms. The van der Waals surface area contributed by atoms with Crippen LogP contribution in [0.25, 0.3) is 11.0 Å². The molecule has 7 heteroatoms. The fraction of sp³-hybridized carbons (Fsp3) is 0.429. The monoisotopic (exact) mass is 327 g/mol. The molecule has 1 amide bonds. The Hall–Kier alpha value is -1.37. The zero-order valence-electron chi connectivity index (χ0n) is 11.9. The van der Waals surface area contributed by atoms with Crippen molar-refractivity contribution in [3.05, 3.63) is 28.5 Å². The van der Waals surface area contributed by atoms with Crippen molar-refractivity contribution in [3.8, 4) is 0 Å². The van der Waals surface area contributed by atoms with Crippen molar-refractivity contribution in [1.29, 1.82) is 0 Å². The number of carbonyl (C=O) groups is 1. The van der Waals surface area contributed by atoms with Gasteiger partial charge in [0.05, 0.1) is 18.3 Å². The molecular weight excluding hydrogens is 310 g/mol. The van der Waals surface area contributed by atoms with Crippen LogP contribution in [-0.4, -0.2) is 33.0 Å². The predicted octanol–water partition coefficient (Wildman–Crippen LogP) is 2.59. The van der Waals surface area contributed by atoms with Crippen LogP contribution in [0.2, 0.25) is 5.15 Å². The normalized spacial score (nSPS) is 13.4. The van der Waals surface area contributed by atoms with E-state index in [-0.39, 0.29) is 18.6 Å². The second-order valence-corrected chi connectivity index (χ2v) is 6.43. The number of nitrogens with zero attached hydrogens (tertiary/aromatic N) is 2. The van der Waals surface area contributed by atoms with Crippen molar-refractivity contribution >= 4 is 39.9 Å². The third kappa shape index (κ3) is 4.06. The SMILES string of the molecule is CC(C)CC(CO)NC(=O)C=Cc1c(Cl)nc2sccn12. The molecule has 0 saturated heterocycles. The molecule has 0 aromatic carbocycles. The fourth-order valence-electron chi connectivity index (χ4n) is 2.08. The van der Waals surface area contributed by atoms with Gasteiger partial charge in [0.25, 0.3) is 0 Å². The molecule has 0 spiro atoms. The van der Waals surface area contributed by atoms with E-state index in [1.807, 2.05) is 29.8 Å². The molecule has 0 fully saturated rings. The van der Waals surface area contributed by atoms with Crippen molar-refractivity contribution < 1.29 is 9.90 Å². The van der Waals surface area contributed by atoms with E-state index in [1.165, 1.54) is 17.4 Å². The number of amides is 1. The Morgan fingerprint density at radius 2 is 2.38 bits per heavy atom. The molecule has 2 aromatic heterocycles. The number of aliphatic hydroxyl groups excluding tert-OH is 1. The number of hydrogen-bond acceptors (Lipinski definition) is 4. The molecule has 21 heavy (non-hydrogen) atoms. The summed E-state index contributed by atoms with van der Waals surface area (Å²) in [4.78, 5) is 16.9. The first-order valence-electron chi connectivity index (χ1n) is 6.71. The van der Waals surface area contributed by atoms with E-state index in [0.717, 1.165) is 11.4 Å². The lowest BCUT2D eigenvalue weighted by molar-refractivity contribution is -0.117. The van der Waals surface area contributed by atoms with E-state index < -0.39 is 0 Å². The number of aliphatic hydroxyl groups is 1. The van der Waals surface area contributed by atoms with Gasteiger partial charge in [0.15, 0.2) is 10.1 Å². The maximum atomic E-state index is 11.9. The van der Waals surface area contributed by atoms with Gasteiger partial charge in [-0.15, -0.1) is 11.3 Å². The van der Waals surface area contributed by atoms with Crippen molar-refractivity contribution in [2.24, 2.45) is 5.92 Å². The first-order valence-corrected chi connectivity index (χ1v) is 7.97. The average Bonchev–Trinajstić information content (AvgIpc) is 2.96. The van der Waals surface area contributed by atoms with Crippen LogP contribution in [0.3, 0.4) is 0 Å². The molecule has 1 atom stereocenters. The standard InChI is InChI=1S/C14H18ClN3O2S/c1-9(2)7-10(8-19)16-12(20)4-3-11-13(15)17-14-18(11)5-6-21-14/h3-6,9-10,19H,7-8H2,1-2H3,(H,16,20). The molecule has 5 nitrogen and oxygen atoms in total. The Morgan fingerprint density at radius 3 is 3.05 bits per heavy atom. The molecule has 0 radical (unpaired) electrons. The third-order valence-corrected chi connectivity index (χ3v) is 4.00. The highest BCUT2D eigenvalue weighted by Gasteiger charge is 2.12. The highest BCUT2D eigenvalue weighted by molar-refractivity contribution is 7.15. The number of halogens is 1. The first kappa shape index (κ1) is 16.0. The van der Waals surface area contributed by atoms with Gasteiger partial charge in [0.1, 0.15) is 0 Å². The summed E-state index contributed by atoms with van der Waals surface area (Å²) in [5, 5.41) is 14.3. The molecule has 1 unspecified atom stereocenters. The van der Waals surface area contributed by atoms with Crippen LogP contribution in [0.4, 0.5) is 0 Å². The van der Waals surface area contributed by atoms with Crippen LogP contribution < -0.4 is 5.32 Å². The summed E-state index contributed by atoms with van der Waals surface area (Å²) in [6, 6.07) is -0.232. The highest BCUT2D eigenvalue weighted by atomic mass is 35.5. The lowest BCUT2D eigenvalue weighted by Crippen LogP contribution is -2.37.